The van der Waals surface area contributed by atoms with Crippen molar-refractivity contribution >= 4 is 0 Å². The molecule has 64 valence electrons. The second-order valence-electron chi connectivity index (χ2n) is 0.977. The monoisotopic (exact) mass is 315 g/mol. The van der Waals surface area contributed by atoms with Crippen molar-refractivity contribution in [2.45, 2.75) is 34.3 Å². The Bertz CT molecular complexity index is 36.2. The van der Waals surface area contributed by atoms with Crippen LogP contribution in [-0.4, -0.2) is 6.10 Å². The number of epoxide rings is 1. The van der Waals surface area contributed by atoms with Crippen LogP contribution < -0.4 is 0 Å². The van der Waals surface area contributed by atoms with Crippen molar-refractivity contribution in [3.63, 3.8) is 0 Å². The van der Waals surface area contributed by atoms with Crippen molar-refractivity contribution < 1.29 is 25.8 Å². The van der Waals surface area contributed by atoms with Gasteiger partial charge in [-0.2, -0.15) is 6.61 Å². The molecule has 0 aliphatic carbocycles. The molecule has 1 atom stereocenters. The first kappa shape index (κ1) is 22.4. The molecule has 1 aliphatic rings. The van der Waals surface area contributed by atoms with E-state index in [0.29, 0.717) is 6.10 Å². The van der Waals surface area contributed by atoms with Crippen LogP contribution in [0.1, 0.15) is 28.2 Å². The summed E-state index contributed by atoms with van der Waals surface area (Å²) in [7, 11) is 0. The van der Waals surface area contributed by atoms with E-state index in [1.807, 2.05) is 20.8 Å². The zero-order valence-electron chi connectivity index (χ0n) is 6.39. The molecule has 1 fully saturated rings. The Morgan fingerprint density at radius 2 is 1.40 bits per heavy atom. The number of hydrogen-bond acceptors (Lipinski definition) is 1. The minimum Gasteiger partial charge on any atom is -0.570 e. The molecule has 1 saturated heterocycles. The Hall–Kier alpha value is 0.388. The average molecular weight is 315 g/mol. The zero-order chi connectivity index (χ0) is 6.99. The van der Waals surface area contributed by atoms with Gasteiger partial charge in [0.05, 0.1) is 0 Å². The fourth-order valence-corrected chi connectivity index (χ4v) is 0.0786. The third-order valence-corrected chi connectivity index (χ3v) is 0.408. The summed E-state index contributed by atoms with van der Waals surface area (Å²) in [6, 6.07) is 0. The van der Waals surface area contributed by atoms with E-state index in [9.17, 15) is 0 Å². The van der Waals surface area contributed by atoms with E-state index < -0.39 is 0 Å². The van der Waals surface area contributed by atoms with Crippen LogP contribution >= 0.6 is 0 Å². The summed E-state index contributed by atoms with van der Waals surface area (Å²) in [5.74, 6) is 0. The molecule has 0 spiro atoms. The summed E-state index contributed by atoms with van der Waals surface area (Å²) in [5.41, 5.74) is 0. The van der Waals surface area contributed by atoms with E-state index in [4.69, 9.17) is 0 Å². The van der Waals surface area contributed by atoms with E-state index in [-0.39, 0.29) is 28.5 Å². The molecular weight excluding hydrogens is 296 g/mol. The van der Waals surface area contributed by atoms with Crippen molar-refractivity contribution in [1.82, 2.24) is 0 Å². The Morgan fingerprint density at radius 1 is 1.30 bits per heavy atom. The topological polar surface area (TPSA) is 12.5 Å². The quantitative estimate of drug-likeness (QED) is 0.380. The third kappa shape index (κ3) is 39.9. The number of ether oxygens (including phenoxy) is 1. The molecule has 2 heteroatoms. The molecule has 1 unspecified atom stereocenters. The zero-order valence-corrected chi connectivity index (χ0v) is 9.32. The molecule has 0 bridgehead atoms. The van der Waals surface area contributed by atoms with Crippen LogP contribution in [0.15, 0.2) is 13.2 Å². The van der Waals surface area contributed by atoms with Crippen LogP contribution in [0, 0.1) is 6.61 Å². The van der Waals surface area contributed by atoms with Crippen molar-refractivity contribution in [2.75, 3.05) is 0 Å². The van der Waals surface area contributed by atoms with Gasteiger partial charge in [-0.1, -0.05) is 34.3 Å². The summed E-state index contributed by atoms with van der Waals surface area (Å²) in [6.45, 7) is 13.8. The second-order valence-corrected chi connectivity index (χ2v) is 0.977. The van der Waals surface area contributed by atoms with Crippen LogP contribution in [0.2, 0.25) is 0 Å². The van der Waals surface area contributed by atoms with Crippen LogP contribution in [0.5, 0.6) is 0 Å². The van der Waals surface area contributed by atoms with E-state index in [2.05, 4.69) is 17.9 Å². The Kier molecular flexibility index (Phi) is 51.0. The molecule has 0 aromatic heterocycles. The number of hydrogen-bond donors (Lipinski definition) is 0. The molecule has 0 amide bonds. The largest absolute Gasteiger partial charge is 0.570 e. The standard InChI is InChI=1S/C3H5O.C2H6.C2H4.CH4.W/c1-3-2-4-3;2*1-2;;/h2-3H,1H3;1-2H3;1-2H2;1H4;/q-1;;;;. The molecule has 1 nitrogen and oxygen atoms in total. The van der Waals surface area contributed by atoms with Crippen molar-refractivity contribution in [3.8, 4) is 0 Å². The second kappa shape index (κ2) is 22.8. The van der Waals surface area contributed by atoms with Gasteiger partial charge in [0.15, 0.2) is 0 Å². The van der Waals surface area contributed by atoms with Crippen LogP contribution in [0.3, 0.4) is 0 Å². The predicted octanol–water partition coefficient (Wildman–Crippen LogP) is 3.03. The molecule has 1 heterocycles. The number of rotatable bonds is 0. The van der Waals surface area contributed by atoms with Crippen LogP contribution in [0.25, 0.3) is 0 Å². The van der Waals surface area contributed by atoms with Gasteiger partial charge in [-0.25, -0.2) is 0 Å². The van der Waals surface area contributed by atoms with E-state index >= 15 is 0 Å². The third-order valence-electron chi connectivity index (χ3n) is 0.408. The SMILES string of the molecule is C.C=C.CC.CC1[CH-]O1.[W]. The van der Waals surface area contributed by atoms with Gasteiger partial charge >= 0.3 is 0 Å². The molecule has 0 aromatic rings. The molecule has 1 rings (SSSR count). The molecule has 0 N–H and O–H groups in total. The maximum absolute atomic E-state index is 4.58. The van der Waals surface area contributed by atoms with Gasteiger partial charge in [0.25, 0.3) is 0 Å². The first-order valence-corrected chi connectivity index (χ1v) is 2.88. The maximum atomic E-state index is 4.58. The van der Waals surface area contributed by atoms with Crippen molar-refractivity contribution in [2.24, 2.45) is 0 Å². The molecule has 1 aliphatic heterocycles. The predicted molar refractivity (Wildman–Crippen MR) is 44.2 cm³/mol. The van der Waals surface area contributed by atoms with Gasteiger partial charge in [-0.15, -0.1) is 13.2 Å². The van der Waals surface area contributed by atoms with Crippen LogP contribution in [0.4, 0.5) is 0 Å². The molecule has 0 radical (unpaired) electrons. The van der Waals surface area contributed by atoms with E-state index in [1.54, 1.807) is 6.61 Å². The van der Waals surface area contributed by atoms with Crippen molar-refractivity contribution in [1.29, 1.82) is 0 Å². The van der Waals surface area contributed by atoms with Crippen molar-refractivity contribution in [3.05, 3.63) is 19.8 Å². The van der Waals surface area contributed by atoms with Gasteiger partial charge in [0.2, 0.25) is 0 Å². The molecule has 0 aromatic carbocycles. The summed E-state index contributed by atoms with van der Waals surface area (Å²) in [5, 5.41) is 0. The van der Waals surface area contributed by atoms with Gasteiger partial charge in [-0.05, 0) is 0 Å². The van der Waals surface area contributed by atoms with Gasteiger partial charge in [0, 0.05) is 21.1 Å². The molecule has 0 saturated carbocycles. The molecular formula is C8H19OW-. The average Bonchev–Trinajstić information content (AvgIpc) is 2.62. The van der Waals surface area contributed by atoms with Crippen LogP contribution in [-0.2, 0) is 25.8 Å². The Morgan fingerprint density at radius 3 is 1.40 bits per heavy atom. The minimum atomic E-state index is 0. The van der Waals surface area contributed by atoms with E-state index in [0.717, 1.165) is 0 Å². The smallest absolute Gasteiger partial charge is 0 e. The summed E-state index contributed by atoms with van der Waals surface area (Å²) in [6.07, 6.45) is 0.458. The summed E-state index contributed by atoms with van der Waals surface area (Å²) < 4.78 is 4.58. The Balaban J connectivity index is -0.0000000275. The Labute approximate surface area is 80.1 Å². The van der Waals surface area contributed by atoms with Gasteiger partial charge < -0.3 is 4.74 Å². The maximum Gasteiger partial charge on any atom is 0 e. The fourth-order valence-electron chi connectivity index (χ4n) is 0.0786. The summed E-state index contributed by atoms with van der Waals surface area (Å²) >= 11 is 0. The summed E-state index contributed by atoms with van der Waals surface area (Å²) in [4.78, 5) is 0. The van der Waals surface area contributed by atoms with Gasteiger partial charge in [0.1, 0.15) is 0 Å². The molecule has 10 heavy (non-hydrogen) atoms. The minimum absolute atomic E-state index is 0. The first-order valence-electron chi connectivity index (χ1n) is 2.88. The first-order chi connectivity index (χ1) is 3.89. The van der Waals surface area contributed by atoms with Gasteiger partial charge in [-0.3, -0.25) is 0 Å². The fraction of sp³-hybridized carbons (Fsp3) is 0.625. The normalized spacial score (nSPS) is 16.9. The van der Waals surface area contributed by atoms with E-state index in [1.165, 1.54) is 0 Å².